The van der Waals surface area contributed by atoms with Crippen molar-refractivity contribution in [3.8, 4) is 0 Å². The second-order valence-corrected chi connectivity index (χ2v) is 3.44. The zero-order valence-corrected chi connectivity index (χ0v) is 8.50. The molecule has 0 spiro atoms. The first kappa shape index (κ1) is 9.93. The van der Waals surface area contributed by atoms with Crippen molar-refractivity contribution in [1.29, 1.82) is 0 Å². The Kier molecular flexibility index (Phi) is 3.15. The molecule has 0 fully saturated rings. The van der Waals surface area contributed by atoms with Crippen molar-refractivity contribution in [2.45, 2.75) is 13.0 Å². The molecule has 0 atom stereocenters. The maximum Gasteiger partial charge on any atom is 0.0662 e. The number of nitrogens with zero attached hydrogens (tertiary/aromatic N) is 2. The van der Waals surface area contributed by atoms with Crippen molar-refractivity contribution in [2.75, 3.05) is 6.61 Å². The highest BCUT2D eigenvalue weighted by atomic mass is 16.3. The molecule has 0 aliphatic heterocycles. The minimum atomic E-state index is 0.167. The lowest BCUT2D eigenvalue weighted by atomic mass is 10.2. The Morgan fingerprint density at radius 1 is 1.13 bits per heavy atom. The molecule has 0 unspecified atom stereocenters. The number of rotatable bonds is 4. The van der Waals surface area contributed by atoms with Crippen LogP contribution in [-0.2, 0) is 13.0 Å². The van der Waals surface area contributed by atoms with Gasteiger partial charge in [-0.25, -0.2) is 0 Å². The van der Waals surface area contributed by atoms with E-state index in [0.717, 1.165) is 12.2 Å². The summed E-state index contributed by atoms with van der Waals surface area (Å²) in [5.41, 5.74) is 2.29. The monoisotopic (exact) mass is 202 g/mol. The third kappa shape index (κ3) is 2.44. The van der Waals surface area contributed by atoms with E-state index in [4.69, 9.17) is 5.11 Å². The van der Waals surface area contributed by atoms with Crippen LogP contribution in [0, 0.1) is 0 Å². The Morgan fingerprint density at radius 2 is 1.93 bits per heavy atom. The lowest BCUT2D eigenvalue weighted by Crippen LogP contribution is -2.07. The van der Waals surface area contributed by atoms with Gasteiger partial charge < -0.3 is 5.11 Å². The summed E-state index contributed by atoms with van der Waals surface area (Å²) in [6.07, 6.45) is 2.43. The van der Waals surface area contributed by atoms with Crippen LogP contribution in [0.3, 0.4) is 0 Å². The van der Waals surface area contributed by atoms with Gasteiger partial charge in [-0.15, -0.1) is 0 Å². The molecule has 3 heteroatoms. The highest BCUT2D eigenvalue weighted by molar-refractivity contribution is 5.16. The molecule has 3 nitrogen and oxygen atoms in total. The molecule has 15 heavy (non-hydrogen) atoms. The fraction of sp³-hybridized carbons (Fsp3) is 0.250. The second-order valence-electron chi connectivity index (χ2n) is 3.44. The standard InChI is InChI=1S/C12H14N2O/c15-9-7-12-6-8-13-14(12)10-11-4-2-1-3-5-11/h1-6,8,15H,7,9-10H2. The molecule has 2 aromatic rings. The van der Waals surface area contributed by atoms with Gasteiger partial charge in [-0.2, -0.15) is 5.10 Å². The van der Waals surface area contributed by atoms with Crippen LogP contribution < -0.4 is 0 Å². The topological polar surface area (TPSA) is 38.1 Å². The van der Waals surface area contributed by atoms with Crippen LogP contribution in [0.5, 0.6) is 0 Å². The van der Waals surface area contributed by atoms with Gasteiger partial charge >= 0.3 is 0 Å². The molecule has 0 bridgehead atoms. The van der Waals surface area contributed by atoms with Crippen molar-refractivity contribution in [1.82, 2.24) is 9.78 Å². The summed E-state index contributed by atoms with van der Waals surface area (Å²) < 4.78 is 1.92. The third-order valence-electron chi connectivity index (χ3n) is 2.35. The molecule has 0 saturated heterocycles. The van der Waals surface area contributed by atoms with Crippen molar-refractivity contribution in [2.24, 2.45) is 0 Å². The highest BCUT2D eigenvalue weighted by Crippen LogP contribution is 2.05. The molecule has 1 heterocycles. The molecule has 0 amide bonds. The fourth-order valence-corrected chi connectivity index (χ4v) is 1.59. The fourth-order valence-electron chi connectivity index (χ4n) is 1.59. The predicted molar refractivity (Wildman–Crippen MR) is 58.6 cm³/mol. The molecule has 1 aromatic heterocycles. The van der Waals surface area contributed by atoms with E-state index in [0.29, 0.717) is 6.42 Å². The largest absolute Gasteiger partial charge is 0.396 e. The second kappa shape index (κ2) is 4.75. The molecule has 0 aliphatic rings. The number of hydrogen-bond donors (Lipinski definition) is 1. The Hall–Kier alpha value is -1.61. The van der Waals surface area contributed by atoms with Gasteiger partial charge in [0.05, 0.1) is 6.54 Å². The maximum absolute atomic E-state index is 8.89. The Balaban J connectivity index is 2.14. The number of aliphatic hydroxyl groups excluding tert-OH is 1. The summed E-state index contributed by atoms with van der Waals surface area (Å²) in [6.45, 7) is 0.934. The average Bonchev–Trinajstić information content (AvgIpc) is 2.68. The van der Waals surface area contributed by atoms with Crippen molar-refractivity contribution in [3.05, 3.63) is 53.9 Å². The van der Waals surface area contributed by atoms with Gasteiger partial charge in [0.2, 0.25) is 0 Å². The van der Waals surface area contributed by atoms with Gasteiger partial charge in [-0.1, -0.05) is 30.3 Å². The van der Waals surface area contributed by atoms with E-state index in [-0.39, 0.29) is 6.61 Å². The summed E-state index contributed by atoms with van der Waals surface area (Å²) in [5, 5.41) is 13.1. The van der Waals surface area contributed by atoms with Crippen LogP contribution in [0.2, 0.25) is 0 Å². The first-order valence-corrected chi connectivity index (χ1v) is 5.05. The molecule has 1 N–H and O–H groups in total. The zero-order chi connectivity index (χ0) is 10.5. The summed E-state index contributed by atoms with van der Waals surface area (Å²) in [5.74, 6) is 0. The Morgan fingerprint density at radius 3 is 2.67 bits per heavy atom. The molecule has 0 saturated carbocycles. The van der Waals surface area contributed by atoms with E-state index in [2.05, 4.69) is 17.2 Å². The zero-order valence-electron chi connectivity index (χ0n) is 8.50. The molecule has 2 rings (SSSR count). The van der Waals surface area contributed by atoms with E-state index in [1.165, 1.54) is 5.56 Å². The number of aliphatic hydroxyl groups is 1. The van der Waals surface area contributed by atoms with E-state index < -0.39 is 0 Å². The smallest absolute Gasteiger partial charge is 0.0662 e. The Labute approximate surface area is 89.0 Å². The first-order valence-electron chi connectivity index (χ1n) is 5.05. The maximum atomic E-state index is 8.89. The van der Waals surface area contributed by atoms with Crippen LogP contribution in [0.15, 0.2) is 42.6 Å². The molecule has 0 radical (unpaired) electrons. The van der Waals surface area contributed by atoms with Crippen LogP contribution in [0.25, 0.3) is 0 Å². The van der Waals surface area contributed by atoms with Gasteiger partial charge in [0.1, 0.15) is 0 Å². The lowest BCUT2D eigenvalue weighted by molar-refractivity contribution is 0.295. The van der Waals surface area contributed by atoms with Crippen LogP contribution in [-0.4, -0.2) is 21.5 Å². The predicted octanol–water partition coefficient (Wildman–Crippen LogP) is 1.47. The lowest BCUT2D eigenvalue weighted by Gasteiger charge is -2.06. The molecule has 78 valence electrons. The first-order chi connectivity index (χ1) is 7.40. The number of benzene rings is 1. The van der Waals surface area contributed by atoms with Gasteiger partial charge in [-0.05, 0) is 11.6 Å². The summed E-state index contributed by atoms with van der Waals surface area (Å²) in [7, 11) is 0. The van der Waals surface area contributed by atoms with Crippen LogP contribution in [0.4, 0.5) is 0 Å². The summed E-state index contributed by atoms with van der Waals surface area (Å²) in [6, 6.07) is 12.1. The summed E-state index contributed by atoms with van der Waals surface area (Å²) in [4.78, 5) is 0. The molecule has 0 aliphatic carbocycles. The van der Waals surface area contributed by atoms with E-state index in [1.54, 1.807) is 6.20 Å². The van der Waals surface area contributed by atoms with E-state index >= 15 is 0 Å². The SMILES string of the molecule is OCCc1ccnn1Cc1ccccc1. The minimum absolute atomic E-state index is 0.167. The number of aromatic nitrogens is 2. The van der Waals surface area contributed by atoms with Gasteiger partial charge in [0.25, 0.3) is 0 Å². The van der Waals surface area contributed by atoms with Crippen molar-refractivity contribution >= 4 is 0 Å². The van der Waals surface area contributed by atoms with Gasteiger partial charge in [-0.3, -0.25) is 4.68 Å². The third-order valence-corrected chi connectivity index (χ3v) is 2.35. The van der Waals surface area contributed by atoms with Crippen molar-refractivity contribution < 1.29 is 5.11 Å². The van der Waals surface area contributed by atoms with Gasteiger partial charge in [0, 0.05) is 24.9 Å². The Bertz CT molecular complexity index is 409. The average molecular weight is 202 g/mol. The molecular weight excluding hydrogens is 188 g/mol. The highest BCUT2D eigenvalue weighted by Gasteiger charge is 2.01. The minimum Gasteiger partial charge on any atom is -0.396 e. The summed E-state index contributed by atoms with van der Waals surface area (Å²) >= 11 is 0. The van der Waals surface area contributed by atoms with Gasteiger partial charge in [0.15, 0.2) is 0 Å². The quantitative estimate of drug-likeness (QED) is 0.815. The van der Waals surface area contributed by atoms with Crippen molar-refractivity contribution in [3.63, 3.8) is 0 Å². The van der Waals surface area contributed by atoms with E-state index in [9.17, 15) is 0 Å². The van der Waals surface area contributed by atoms with Crippen LogP contribution >= 0.6 is 0 Å². The number of hydrogen-bond acceptors (Lipinski definition) is 2. The van der Waals surface area contributed by atoms with Crippen LogP contribution in [0.1, 0.15) is 11.3 Å². The molecule has 1 aromatic carbocycles. The normalized spacial score (nSPS) is 10.5. The molecular formula is C12H14N2O. The van der Waals surface area contributed by atoms with E-state index in [1.807, 2.05) is 28.9 Å².